The van der Waals surface area contributed by atoms with Crippen molar-refractivity contribution in [1.82, 2.24) is 19.9 Å². The van der Waals surface area contributed by atoms with Crippen LogP contribution in [0.3, 0.4) is 0 Å². The number of hydrogen-bond donors (Lipinski definition) is 1. The van der Waals surface area contributed by atoms with Crippen LogP contribution in [0.4, 0.5) is 11.9 Å². The highest BCUT2D eigenvalue weighted by Gasteiger charge is 2.24. The van der Waals surface area contributed by atoms with Gasteiger partial charge >= 0.3 is 0 Å². The van der Waals surface area contributed by atoms with Crippen molar-refractivity contribution in [2.24, 2.45) is 0 Å². The van der Waals surface area contributed by atoms with E-state index in [1.54, 1.807) is 7.05 Å². The topological polar surface area (TPSA) is 57.2 Å². The van der Waals surface area contributed by atoms with Crippen molar-refractivity contribution < 1.29 is 0 Å². The molecule has 0 amide bonds. The lowest BCUT2D eigenvalue weighted by atomic mass is 10.2. The first kappa shape index (κ1) is 12.3. The van der Waals surface area contributed by atoms with Crippen LogP contribution in [0.25, 0.3) is 0 Å². The lowest BCUT2D eigenvalue weighted by Crippen LogP contribution is -2.51. The first-order chi connectivity index (χ1) is 8.10. The van der Waals surface area contributed by atoms with Gasteiger partial charge in [0.15, 0.2) is 0 Å². The van der Waals surface area contributed by atoms with Crippen LogP contribution in [0.5, 0.6) is 0 Å². The van der Waals surface area contributed by atoms with Gasteiger partial charge in [-0.15, -0.1) is 0 Å². The third-order valence-corrected chi connectivity index (χ3v) is 3.08. The third-order valence-electron chi connectivity index (χ3n) is 2.91. The zero-order valence-electron chi connectivity index (χ0n) is 10.3. The van der Waals surface area contributed by atoms with Gasteiger partial charge in [-0.05, 0) is 25.6 Å². The van der Waals surface area contributed by atoms with Crippen molar-refractivity contribution in [3.05, 3.63) is 5.28 Å². The molecule has 1 saturated heterocycles. The van der Waals surface area contributed by atoms with Crippen LogP contribution in [0.15, 0.2) is 0 Å². The molecule has 0 saturated carbocycles. The van der Waals surface area contributed by atoms with E-state index in [9.17, 15) is 0 Å². The Morgan fingerprint density at radius 3 is 2.71 bits per heavy atom. The maximum atomic E-state index is 5.89. The number of aromatic nitrogens is 3. The van der Waals surface area contributed by atoms with E-state index < -0.39 is 0 Å². The summed E-state index contributed by atoms with van der Waals surface area (Å²) in [5.74, 6) is 1.15. The van der Waals surface area contributed by atoms with Crippen molar-refractivity contribution in [2.75, 3.05) is 43.9 Å². The molecular formula is C10H17ClN6. The number of nitrogens with zero attached hydrogens (tertiary/aromatic N) is 5. The number of likely N-dealkylation sites (N-methyl/N-ethyl adjacent to an activating group) is 1. The van der Waals surface area contributed by atoms with E-state index >= 15 is 0 Å². The summed E-state index contributed by atoms with van der Waals surface area (Å²) in [7, 11) is 3.89. The Bertz CT molecular complexity index is 398. The minimum atomic E-state index is 0.227. The summed E-state index contributed by atoms with van der Waals surface area (Å²) >= 11 is 5.89. The molecule has 0 spiro atoms. The van der Waals surface area contributed by atoms with Gasteiger partial charge in [-0.3, -0.25) is 0 Å². The largest absolute Gasteiger partial charge is 0.357 e. The standard InChI is InChI=1S/C10H17ClN6/c1-7-6-16(3)4-5-17(7)10-14-8(11)13-9(12-2)15-10/h7H,4-6H2,1-3H3,(H,12,13,14,15). The minimum absolute atomic E-state index is 0.227. The zero-order chi connectivity index (χ0) is 12.4. The van der Waals surface area contributed by atoms with Gasteiger partial charge in [-0.25, -0.2) is 0 Å². The van der Waals surface area contributed by atoms with E-state index in [1.165, 1.54) is 0 Å². The lowest BCUT2D eigenvalue weighted by molar-refractivity contribution is 0.273. The molecule has 1 aliphatic heterocycles. The molecule has 2 heterocycles. The van der Waals surface area contributed by atoms with Gasteiger partial charge in [-0.1, -0.05) is 0 Å². The van der Waals surface area contributed by atoms with Crippen LogP contribution in [0.2, 0.25) is 5.28 Å². The van der Waals surface area contributed by atoms with Crippen molar-refractivity contribution >= 4 is 23.5 Å². The normalized spacial score (nSPS) is 21.6. The summed E-state index contributed by atoms with van der Waals surface area (Å²) in [5, 5.41) is 3.11. The summed E-state index contributed by atoms with van der Waals surface area (Å²) in [6.45, 7) is 5.06. The molecule has 6 nitrogen and oxygen atoms in total. The monoisotopic (exact) mass is 256 g/mol. The van der Waals surface area contributed by atoms with Crippen LogP contribution < -0.4 is 10.2 Å². The number of hydrogen-bond acceptors (Lipinski definition) is 6. The van der Waals surface area contributed by atoms with Crippen molar-refractivity contribution in [2.45, 2.75) is 13.0 Å². The van der Waals surface area contributed by atoms with E-state index in [-0.39, 0.29) is 5.28 Å². The molecule has 1 aromatic rings. The van der Waals surface area contributed by atoms with E-state index in [0.717, 1.165) is 19.6 Å². The molecule has 0 radical (unpaired) electrons. The predicted octanol–water partition coefficient (Wildman–Crippen LogP) is 0.707. The van der Waals surface area contributed by atoms with E-state index in [1.807, 2.05) is 0 Å². The van der Waals surface area contributed by atoms with Gasteiger partial charge in [-0.2, -0.15) is 15.0 Å². The second-order valence-corrected chi connectivity index (χ2v) is 4.62. The van der Waals surface area contributed by atoms with Gasteiger partial charge in [0.05, 0.1) is 0 Å². The Morgan fingerprint density at radius 1 is 1.29 bits per heavy atom. The van der Waals surface area contributed by atoms with Gasteiger partial charge in [0.25, 0.3) is 0 Å². The molecule has 94 valence electrons. The molecular weight excluding hydrogens is 240 g/mol. The fourth-order valence-corrected chi connectivity index (χ4v) is 2.17. The van der Waals surface area contributed by atoms with Crippen LogP contribution in [0.1, 0.15) is 6.92 Å². The van der Waals surface area contributed by atoms with Gasteiger partial charge in [0.2, 0.25) is 17.2 Å². The predicted molar refractivity (Wildman–Crippen MR) is 68.7 cm³/mol. The number of nitrogens with one attached hydrogen (secondary N) is 1. The first-order valence-corrected chi connectivity index (χ1v) is 6.02. The summed E-state index contributed by atoms with van der Waals surface area (Å²) in [5.41, 5.74) is 0. The van der Waals surface area contributed by atoms with Crippen molar-refractivity contribution in [3.8, 4) is 0 Å². The Hall–Kier alpha value is -1.14. The van der Waals surface area contributed by atoms with Gasteiger partial charge in [0.1, 0.15) is 0 Å². The van der Waals surface area contributed by atoms with Gasteiger partial charge < -0.3 is 15.1 Å². The zero-order valence-corrected chi connectivity index (χ0v) is 11.1. The highest BCUT2D eigenvalue weighted by molar-refractivity contribution is 6.28. The Balaban J connectivity index is 2.24. The van der Waals surface area contributed by atoms with Crippen molar-refractivity contribution in [3.63, 3.8) is 0 Å². The molecule has 0 aromatic carbocycles. The van der Waals surface area contributed by atoms with Crippen LogP contribution in [-0.4, -0.2) is 59.6 Å². The fraction of sp³-hybridized carbons (Fsp3) is 0.700. The summed E-state index contributed by atoms with van der Waals surface area (Å²) in [4.78, 5) is 17.0. The maximum absolute atomic E-state index is 5.89. The van der Waals surface area contributed by atoms with Crippen LogP contribution in [0, 0.1) is 0 Å². The molecule has 7 heteroatoms. The van der Waals surface area contributed by atoms with Crippen LogP contribution in [-0.2, 0) is 0 Å². The van der Waals surface area contributed by atoms with Crippen LogP contribution >= 0.6 is 11.6 Å². The quantitative estimate of drug-likeness (QED) is 0.841. The highest BCUT2D eigenvalue weighted by Crippen LogP contribution is 2.18. The molecule has 0 aliphatic carbocycles. The number of rotatable bonds is 2. The molecule has 2 rings (SSSR count). The average molecular weight is 257 g/mol. The van der Waals surface area contributed by atoms with E-state index in [0.29, 0.717) is 17.9 Å². The molecule has 1 unspecified atom stereocenters. The summed E-state index contributed by atoms with van der Waals surface area (Å²) in [6, 6.07) is 0.372. The molecule has 1 aliphatic rings. The van der Waals surface area contributed by atoms with Gasteiger partial charge in [0, 0.05) is 32.7 Å². The first-order valence-electron chi connectivity index (χ1n) is 5.64. The highest BCUT2D eigenvalue weighted by atomic mass is 35.5. The molecule has 1 fully saturated rings. The molecule has 0 bridgehead atoms. The fourth-order valence-electron chi connectivity index (χ4n) is 2.02. The van der Waals surface area contributed by atoms with Crippen molar-refractivity contribution in [1.29, 1.82) is 0 Å². The minimum Gasteiger partial charge on any atom is -0.357 e. The SMILES string of the molecule is CNc1nc(Cl)nc(N2CCN(C)CC2C)n1. The average Bonchev–Trinajstić information content (AvgIpc) is 2.28. The Morgan fingerprint density at radius 2 is 2.06 bits per heavy atom. The summed E-state index contributed by atoms with van der Waals surface area (Å²) in [6.07, 6.45) is 0. The summed E-state index contributed by atoms with van der Waals surface area (Å²) < 4.78 is 0. The molecule has 1 atom stereocenters. The second-order valence-electron chi connectivity index (χ2n) is 4.28. The second kappa shape index (κ2) is 5.01. The number of anilines is 2. The molecule has 1 aromatic heterocycles. The Kier molecular flexibility index (Phi) is 3.63. The number of halogens is 1. The number of piperazine rings is 1. The Labute approximate surface area is 106 Å². The van der Waals surface area contributed by atoms with E-state index in [4.69, 9.17) is 11.6 Å². The maximum Gasteiger partial charge on any atom is 0.231 e. The lowest BCUT2D eigenvalue weighted by Gasteiger charge is -2.38. The molecule has 17 heavy (non-hydrogen) atoms. The smallest absolute Gasteiger partial charge is 0.231 e. The molecule has 1 N–H and O–H groups in total. The van der Waals surface area contributed by atoms with E-state index in [2.05, 4.69) is 44.0 Å². The third kappa shape index (κ3) is 2.76.